The standard InChI is InChI=1S/C22H12ClNO2S/c23-20-18-3-1-2-4-19(18)27-21(20)22(25)26-17-11-9-16(10-12-17)15-7-5-14(13-24)6-8-15/h1-12H. The Labute approximate surface area is 165 Å². The van der Waals surface area contributed by atoms with Gasteiger partial charge >= 0.3 is 5.97 Å². The number of carbonyl (C=O) groups excluding carboxylic acids is 1. The van der Waals surface area contributed by atoms with Gasteiger partial charge in [-0.05, 0) is 41.5 Å². The maximum absolute atomic E-state index is 12.5. The molecular formula is C22H12ClNO2S. The predicted molar refractivity (Wildman–Crippen MR) is 108 cm³/mol. The molecule has 0 saturated heterocycles. The van der Waals surface area contributed by atoms with Crippen molar-refractivity contribution in [3.05, 3.63) is 88.3 Å². The molecule has 0 amide bonds. The van der Waals surface area contributed by atoms with Crippen LogP contribution in [-0.2, 0) is 0 Å². The van der Waals surface area contributed by atoms with Crippen LogP contribution in [0.4, 0.5) is 0 Å². The van der Waals surface area contributed by atoms with Crippen LogP contribution in [0.3, 0.4) is 0 Å². The van der Waals surface area contributed by atoms with E-state index in [0.29, 0.717) is 21.2 Å². The average molecular weight is 390 g/mol. The summed E-state index contributed by atoms with van der Waals surface area (Å²) in [4.78, 5) is 12.9. The number of benzene rings is 3. The Kier molecular flexibility index (Phi) is 4.64. The summed E-state index contributed by atoms with van der Waals surface area (Å²) >= 11 is 7.66. The SMILES string of the molecule is N#Cc1ccc(-c2ccc(OC(=O)c3sc4ccccc4c3Cl)cc2)cc1. The van der Waals surface area contributed by atoms with Crippen LogP contribution in [0.2, 0.25) is 5.02 Å². The van der Waals surface area contributed by atoms with Crippen LogP contribution in [0, 0.1) is 11.3 Å². The first-order valence-electron chi connectivity index (χ1n) is 8.15. The number of ether oxygens (including phenoxy) is 1. The lowest BCUT2D eigenvalue weighted by Gasteiger charge is -2.06. The second kappa shape index (κ2) is 7.24. The van der Waals surface area contributed by atoms with Gasteiger partial charge in [0, 0.05) is 10.1 Å². The highest BCUT2D eigenvalue weighted by atomic mass is 35.5. The fraction of sp³-hybridized carbons (Fsp3) is 0. The molecule has 4 rings (SSSR count). The topological polar surface area (TPSA) is 50.1 Å². The molecule has 3 nitrogen and oxygen atoms in total. The van der Waals surface area contributed by atoms with Crippen LogP contribution in [0.5, 0.6) is 5.75 Å². The first-order chi connectivity index (χ1) is 13.2. The van der Waals surface area contributed by atoms with Crippen LogP contribution < -0.4 is 4.74 Å². The smallest absolute Gasteiger partial charge is 0.355 e. The van der Waals surface area contributed by atoms with Gasteiger partial charge in [-0.2, -0.15) is 5.26 Å². The van der Waals surface area contributed by atoms with Crippen LogP contribution in [0.15, 0.2) is 72.8 Å². The maximum Gasteiger partial charge on any atom is 0.355 e. The Morgan fingerprint density at radius 3 is 2.19 bits per heavy atom. The minimum Gasteiger partial charge on any atom is -0.422 e. The zero-order valence-electron chi connectivity index (χ0n) is 14.0. The zero-order valence-corrected chi connectivity index (χ0v) is 15.6. The van der Waals surface area contributed by atoms with E-state index in [1.165, 1.54) is 11.3 Å². The van der Waals surface area contributed by atoms with E-state index in [1.54, 1.807) is 24.3 Å². The molecule has 0 spiro atoms. The van der Waals surface area contributed by atoms with Gasteiger partial charge in [-0.1, -0.05) is 54.1 Å². The van der Waals surface area contributed by atoms with Crippen LogP contribution in [0.25, 0.3) is 21.2 Å². The lowest BCUT2D eigenvalue weighted by Crippen LogP contribution is -2.06. The first-order valence-corrected chi connectivity index (χ1v) is 9.35. The van der Waals surface area contributed by atoms with Crippen molar-refractivity contribution in [1.82, 2.24) is 0 Å². The molecule has 0 radical (unpaired) electrons. The van der Waals surface area contributed by atoms with Crippen molar-refractivity contribution in [2.45, 2.75) is 0 Å². The molecule has 0 aliphatic heterocycles. The molecule has 0 fully saturated rings. The molecule has 0 aliphatic rings. The van der Waals surface area contributed by atoms with Gasteiger partial charge in [-0.25, -0.2) is 4.79 Å². The molecule has 130 valence electrons. The van der Waals surface area contributed by atoms with Crippen LogP contribution in [0.1, 0.15) is 15.2 Å². The summed E-state index contributed by atoms with van der Waals surface area (Å²) in [5, 5.41) is 10.2. The molecular weight excluding hydrogens is 378 g/mol. The van der Waals surface area contributed by atoms with Crippen molar-refractivity contribution in [2.24, 2.45) is 0 Å². The summed E-state index contributed by atoms with van der Waals surface area (Å²) in [6, 6.07) is 24.2. The normalized spacial score (nSPS) is 10.5. The summed E-state index contributed by atoms with van der Waals surface area (Å²) in [7, 11) is 0. The number of halogens is 1. The molecule has 1 aromatic heterocycles. The van der Waals surface area contributed by atoms with E-state index in [9.17, 15) is 4.79 Å². The summed E-state index contributed by atoms with van der Waals surface area (Å²) in [5.41, 5.74) is 2.57. The minimum atomic E-state index is -0.465. The van der Waals surface area contributed by atoms with Crippen molar-refractivity contribution in [3.8, 4) is 22.9 Å². The quantitative estimate of drug-likeness (QED) is 0.304. The first kappa shape index (κ1) is 17.3. The van der Waals surface area contributed by atoms with Crippen LogP contribution >= 0.6 is 22.9 Å². The number of hydrogen-bond donors (Lipinski definition) is 0. The Bertz CT molecular complexity index is 1170. The second-order valence-corrected chi connectivity index (χ2v) is 7.27. The Balaban J connectivity index is 1.54. The molecule has 0 N–H and O–H groups in total. The summed E-state index contributed by atoms with van der Waals surface area (Å²) in [5.74, 6) is -0.0155. The third-order valence-corrected chi connectivity index (χ3v) is 5.79. The minimum absolute atomic E-state index is 0.397. The highest BCUT2D eigenvalue weighted by Gasteiger charge is 2.18. The zero-order chi connectivity index (χ0) is 18.8. The number of esters is 1. The van der Waals surface area contributed by atoms with E-state index >= 15 is 0 Å². The number of fused-ring (bicyclic) bond motifs is 1. The molecule has 27 heavy (non-hydrogen) atoms. The van der Waals surface area contributed by atoms with Gasteiger partial charge in [0.1, 0.15) is 10.6 Å². The lowest BCUT2D eigenvalue weighted by molar-refractivity contribution is 0.0740. The Morgan fingerprint density at radius 2 is 1.56 bits per heavy atom. The third kappa shape index (κ3) is 3.43. The number of carbonyl (C=O) groups is 1. The van der Waals surface area contributed by atoms with Gasteiger partial charge < -0.3 is 4.74 Å². The molecule has 5 heteroatoms. The molecule has 0 bridgehead atoms. The van der Waals surface area contributed by atoms with E-state index < -0.39 is 5.97 Å². The number of nitriles is 1. The average Bonchev–Trinajstić information content (AvgIpc) is 3.06. The van der Waals surface area contributed by atoms with Gasteiger partial charge in [-0.3, -0.25) is 0 Å². The number of rotatable bonds is 3. The monoisotopic (exact) mass is 389 g/mol. The molecule has 1 heterocycles. The molecule has 0 saturated carbocycles. The Morgan fingerprint density at radius 1 is 0.926 bits per heavy atom. The fourth-order valence-electron chi connectivity index (χ4n) is 2.75. The molecule has 3 aromatic carbocycles. The van der Waals surface area contributed by atoms with E-state index in [4.69, 9.17) is 21.6 Å². The fourth-order valence-corrected chi connectivity index (χ4v) is 4.14. The van der Waals surface area contributed by atoms with Gasteiger partial charge in [0.2, 0.25) is 0 Å². The van der Waals surface area contributed by atoms with E-state index in [0.717, 1.165) is 21.2 Å². The van der Waals surface area contributed by atoms with E-state index in [2.05, 4.69) is 6.07 Å². The maximum atomic E-state index is 12.5. The lowest BCUT2D eigenvalue weighted by atomic mass is 10.0. The van der Waals surface area contributed by atoms with E-state index in [-0.39, 0.29) is 0 Å². The summed E-state index contributed by atoms with van der Waals surface area (Å²) < 4.78 is 6.43. The third-order valence-electron chi connectivity index (χ3n) is 4.13. The van der Waals surface area contributed by atoms with E-state index in [1.807, 2.05) is 48.5 Å². The summed E-state index contributed by atoms with van der Waals surface area (Å²) in [6.45, 7) is 0. The van der Waals surface area contributed by atoms with Crippen molar-refractivity contribution in [2.75, 3.05) is 0 Å². The van der Waals surface area contributed by atoms with Crippen molar-refractivity contribution in [3.63, 3.8) is 0 Å². The Hall–Kier alpha value is -3.13. The number of nitrogens with zero attached hydrogens (tertiary/aromatic N) is 1. The van der Waals surface area contributed by atoms with Crippen molar-refractivity contribution >= 4 is 39.0 Å². The molecule has 0 aliphatic carbocycles. The van der Waals surface area contributed by atoms with Gasteiger partial charge in [-0.15, -0.1) is 11.3 Å². The number of hydrogen-bond acceptors (Lipinski definition) is 4. The van der Waals surface area contributed by atoms with Gasteiger partial charge in [0.05, 0.1) is 16.7 Å². The van der Waals surface area contributed by atoms with Gasteiger partial charge in [0.15, 0.2) is 0 Å². The molecule has 0 unspecified atom stereocenters. The second-order valence-electron chi connectivity index (χ2n) is 5.84. The highest BCUT2D eigenvalue weighted by Crippen LogP contribution is 2.35. The van der Waals surface area contributed by atoms with Crippen LogP contribution in [-0.4, -0.2) is 5.97 Å². The molecule has 0 atom stereocenters. The van der Waals surface area contributed by atoms with Gasteiger partial charge in [0.25, 0.3) is 0 Å². The highest BCUT2D eigenvalue weighted by molar-refractivity contribution is 7.21. The number of thiophene rings is 1. The van der Waals surface area contributed by atoms with Crippen molar-refractivity contribution in [1.29, 1.82) is 5.26 Å². The summed E-state index contributed by atoms with van der Waals surface area (Å²) in [6.07, 6.45) is 0. The molecule has 4 aromatic rings. The van der Waals surface area contributed by atoms with Crippen molar-refractivity contribution < 1.29 is 9.53 Å². The predicted octanol–water partition coefficient (Wildman–Crippen LogP) is 6.31. The largest absolute Gasteiger partial charge is 0.422 e.